The van der Waals surface area contributed by atoms with E-state index in [-0.39, 0.29) is 5.28 Å². The number of aromatic amines is 1. The van der Waals surface area contributed by atoms with E-state index >= 15 is 0 Å². The number of nitrogens with zero attached hydrogens (tertiary/aromatic N) is 2. The Hall–Kier alpha value is -2.27. The molecule has 2 heterocycles. The quantitative estimate of drug-likeness (QED) is 0.752. The molecule has 0 amide bonds. The van der Waals surface area contributed by atoms with E-state index in [1.807, 2.05) is 24.4 Å². The van der Waals surface area contributed by atoms with Crippen LogP contribution >= 0.6 is 11.6 Å². The highest BCUT2D eigenvalue weighted by Crippen LogP contribution is 2.36. The Morgan fingerprint density at radius 1 is 1.15 bits per heavy atom. The zero-order valence-corrected chi connectivity index (χ0v) is 11.7. The smallest absolute Gasteiger partial charge is 0.223 e. The third kappa shape index (κ3) is 1.96. The minimum Gasteiger partial charge on any atom is -0.495 e. The molecule has 5 nitrogen and oxygen atoms in total. The number of aromatic nitrogens is 3. The third-order valence-corrected chi connectivity index (χ3v) is 3.28. The molecule has 0 saturated carbocycles. The summed E-state index contributed by atoms with van der Waals surface area (Å²) in [4.78, 5) is 11.4. The van der Waals surface area contributed by atoms with E-state index in [9.17, 15) is 0 Å². The van der Waals surface area contributed by atoms with Crippen LogP contribution in [0.1, 0.15) is 0 Å². The van der Waals surface area contributed by atoms with Crippen LogP contribution in [0.5, 0.6) is 11.5 Å². The first-order chi connectivity index (χ1) is 9.74. The molecule has 2 aromatic heterocycles. The van der Waals surface area contributed by atoms with E-state index in [0.29, 0.717) is 11.4 Å². The van der Waals surface area contributed by atoms with Gasteiger partial charge in [0.15, 0.2) is 5.75 Å². The molecular formula is C14H12ClN3O2. The van der Waals surface area contributed by atoms with Crippen molar-refractivity contribution in [2.45, 2.75) is 0 Å². The SMILES string of the molecule is COc1cnc(Cl)nc1-c1c[nH]c2c(OC)cccc12. The Kier molecular flexibility index (Phi) is 3.20. The van der Waals surface area contributed by atoms with Gasteiger partial charge < -0.3 is 14.5 Å². The average Bonchev–Trinajstić information content (AvgIpc) is 2.90. The molecular weight excluding hydrogens is 278 g/mol. The van der Waals surface area contributed by atoms with Crippen LogP contribution in [0.2, 0.25) is 5.28 Å². The second-order valence-electron chi connectivity index (χ2n) is 4.14. The Labute approximate surface area is 120 Å². The molecule has 0 fully saturated rings. The summed E-state index contributed by atoms with van der Waals surface area (Å²) in [6.07, 6.45) is 3.41. The predicted molar refractivity (Wildman–Crippen MR) is 77.4 cm³/mol. The van der Waals surface area contributed by atoms with Gasteiger partial charge in [-0.2, -0.15) is 0 Å². The fourth-order valence-electron chi connectivity index (χ4n) is 2.18. The van der Waals surface area contributed by atoms with Crippen molar-refractivity contribution in [3.8, 4) is 22.8 Å². The molecule has 0 bridgehead atoms. The number of H-pyrrole nitrogens is 1. The lowest BCUT2D eigenvalue weighted by Gasteiger charge is -2.06. The van der Waals surface area contributed by atoms with Gasteiger partial charge in [-0.25, -0.2) is 9.97 Å². The Morgan fingerprint density at radius 3 is 2.70 bits per heavy atom. The molecule has 0 atom stereocenters. The highest BCUT2D eigenvalue weighted by molar-refractivity contribution is 6.28. The number of benzene rings is 1. The molecule has 102 valence electrons. The van der Waals surface area contributed by atoms with Crippen molar-refractivity contribution in [3.63, 3.8) is 0 Å². The number of halogens is 1. The number of hydrogen-bond acceptors (Lipinski definition) is 4. The monoisotopic (exact) mass is 289 g/mol. The summed E-state index contributed by atoms with van der Waals surface area (Å²) in [5.41, 5.74) is 2.44. The zero-order valence-electron chi connectivity index (χ0n) is 11.0. The van der Waals surface area contributed by atoms with Crippen molar-refractivity contribution in [1.82, 2.24) is 15.0 Å². The maximum absolute atomic E-state index is 5.89. The first-order valence-electron chi connectivity index (χ1n) is 5.95. The Morgan fingerprint density at radius 2 is 1.95 bits per heavy atom. The van der Waals surface area contributed by atoms with Crippen LogP contribution in [0, 0.1) is 0 Å². The maximum Gasteiger partial charge on any atom is 0.223 e. The van der Waals surface area contributed by atoms with Crippen LogP contribution in [-0.2, 0) is 0 Å². The molecule has 0 aliphatic carbocycles. The fraction of sp³-hybridized carbons (Fsp3) is 0.143. The molecule has 3 aromatic rings. The van der Waals surface area contributed by atoms with Crippen molar-refractivity contribution < 1.29 is 9.47 Å². The molecule has 0 unspecified atom stereocenters. The Balaban J connectivity index is 2.28. The number of nitrogens with one attached hydrogen (secondary N) is 1. The zero-order chi connectivity index (χ0) is 14.1. The second kappa shape index (κ2) is 5.02. The van der Waals surface area contributed by atoms with Gasteiger partial charge in [-0.3, -0.25) is 0 Å². The van der Waals surface area contributed by atoms with E-state index < -0.39 is 0 Å². The summed E-state index contributed by atoms with van der Waals surface area (Å²) in [5, 5.41) is 1.16. The largest absolute Gasteiger partial charge is 0.495 e. The van der Waals surface area contributed by atoms with Gasteiger partial charge in [0.1, 0.15) is 11.4 Å². The summed E-state index contributed by atoms with van der Waals surface area (Å²) in [7, 11) is 3.21. The minimum absolute atomic E-state index is 0.179. The summed E-state index contributed by atoms with van der Waals surface area (Å²) < 4.78 is 10.6. The van der Waals surface area contributed by atoms with Crippen LogP contribution < -0.4 is 9.47 Å². The second-order valence-corrected chi connectivity index (χ2v) is 4.48. The first kappa shape index (κ1) is 12.7. The molecule has 0 saturated heterocycles. The van der Waals surface area contributed by atoms with Crippen molar-refractivity contribution in [3.05, 3.63) is 35.9 Å². The van der Waals surface area contributed by atoms with Crippen LogP contribution in [0.25, 0.3) is 22.2 Å². The first-order valence-corrected chi connectivity index (χ1v) is 6.33. The lowest BCUT2D eigenvalue weighted by molar-refractivity contribution is 0.412. The number of fused-ring (bicyclic) bond motifs is 1. The predicted octanol–water partition coefficient (Wildman–Crippen LogP) is 3.30. The third-order valence-electron chi connectivity index (χ3n) is 3.10. The molecule has 1 aromatic carbocycles. The molecule has 1 N–H and O–H groups in total. The lowest BCUT2D eigenvalue weighted by Crippen LogP contribution is -1.93. The maximum atomic E-state index is 5.89. The standard InChI is InChI=1S/C14H12ClN3O2/c1-19-10-5-3-4-8-9(6-16-12(8)10)13-11(20-2)7-17-14(15)18-13/h3-7,16H,1-2H3. The van der Waals surface area contributed by atoms with E-state index in [1.54, 1.807) is 20.4 Å². The van der Waals surface area contributed by atoms with Crippen LogP contribution in [-0.4, -0.2) is 29.2 Å². The van der Waals surface area contributed by atoms with E-state index in [1.165, 1.54) is 0 Å². The molecule has 0 aliphatic heterocycles. The summed E-state index contributed by atoms with van der Waals surface area (Å²) in [6, 6.07) is 5.81. The molecule has 0 radical (unpaired) electrons. The number of para-hydroxylation sites is 1. The van der Waals surface area contributed by atoms with E-state index in [2.05, 4.69) is 15.0 Å². The van der Waals surface area contributed by atoms with Gasteiger partial charge in [0.25, 0.3) is 0 Å². The van der Waals surface area contributed by atoms with Gasteiger partial charge in [0.2, 0.25) is 5.28 Å². The van der Waals surface area contributed by atoms with Crippen LogP contribution in [0.3, 0.4) is 0 Å². The lowest BCUT2D eigenvalue weighted by atomic mass is 10.1. The van der Waals surface area contributed by atoms with Crippen molar-refractivity contribution in [2.24, 2.45) is 0 Å². The Bertz CT molecular complexity index is 770. The number of hydrogen-bond donors (Lipinski definition) is 1. The normalized spacial score (nSPS) is 10.8. The van der Waals surface area contributed by atoms with Gasteiger partial charge in [-0.1, -0.05) is 12.1 Å². The number of ether oxygens (including phenoxy) is 2. The van der Waals surface area contributed by atoms with Crippen LogP contribution in [0.15, 0.2) is 30.6 Å². The number of methoxy groups -OCH3 is 2. The van der Waals surface area contributed by atoms with Gasteiger partial charge in [-0.05, 0) is 17.7 Å². The fourth-order valence-corrected chi connectivity index (χ4v) is 2.32. The van der Waals surface area contributed by atoms with Crippen LogP contribution in [0.4, 0.5) is 0 Å². The van der Waals surface area contributed by atoms with E-state index in [0.717, 1.165) is 22.2 Å². The van der Waals surface area contributed by atoms with Crippen molar-refractivity contribution in [2.75, 3.05) is 14.2 Å². The van der Waals surface area contributed by atoms with Gasteiger partial charge in [-0.15, -0.1) is 0 Å². The highest BCUT2D eigenvalue weighted by atomic mass is 35.5. The van der Waals surface area contributed by atoms with Gasteiger partial charge in [0, 0.05) is 17.1 Å². The molecule has 20 heavy (non-hydrogen) atoms. The van der Waals surface area contributed by atoms with Gasteiger partial charge >= 0.3 is 0 Å². The average molecular weight is 290 g/mol. The van der Waals surface area contributed by atoms with Crippen molar-refractivity contribution >= 4 is 22.5 Å². The summed E-state index contributed by atoms with van der Waals surface area (Å²) >= 11 is 5.89. The molecule has 3 rings (SSSR count). The molecule has 6 heteroatoms. The van der Waals surface area contributed by atoms with Gasteiger partial charge in [0.05, 0.1) is 25.9 Å². The molecule has 0 spiro atoms. The highest BCUT2D eigenvalue weighted by Gasteiger charge is 2.15. The summed E-state index contributed by atoms with van der Waals surface area (Å²) in [5.74, 6) is 1.34. The van der Waals surface area contributed by atoms with E-state index in [4.69, 9.17) is 21.1 Å². The van der Waals surface area contributed by atoms with Crippen molar-refractivity contribution in [1.29, 1.82) is 0 Å². The topological polar surface area (TPSA) is 60.0 Å². The minimum atomic E-state index is 0.179. The summed E-state index contributed by atoms with van der Waals surface area (Å²) in [6.45, 7) is 0. The molecule has 0 aliphatic rings. The number of rotatable bonds is 3.